The van der Waals surface area contributed by atoms with Gasteiger partial charge in [0.1, 0.15) is 0 Å². The van der Waals surface area contributed by atoms with Gasteiger partial charge in [0.15, 0.2) is 0 Å². The zero-order valence-electron chi connectivity index (χ0n) is 12.4. The van der Waals surface area contributed by atoms with Crippen LogP contribution in [0.25, 0.3) is 0 Å². The van der Waals surface area contributed by atoms with Crippen LogP contribution in [0.1, 0.15) is 49.0 Å². The van der Waals surface area contributed by atoms with Crippen LogP contribution in [-0.4, -0.2) is 0 Å². The zero-order valence-corrected chi connectivity index (χ0v) is 13.1. The third kappa shape index (κ3) is 3.84. The molecule has 20 heavy (non-hydrogen) atoms. The quantitative estimate of drug-likeness (QED) is 0.771. The minimum atomic E-state index is 0.330. The summed E-state index contributed by atoms with van der Waals surface area (Å²) in [5, 5.41) is 4.48. The summed E-state index contributed by atoms with van der Waals surface area (Å²) in [4.78, 5) is 0. The van der Waals surface area contributed by atoms with Crippen molar-refractivity contribution in [2.75, 3.05) is 0 Å². The third-order valence-corrected chi connectivity index (χ3v) is 3.96. The fourth-order valence-electron chi connectivity index (χ4n) is 2.40. The third-order valence-electron chi connectivity index (χ3n) is 3.71. The Kier molecular flexibility index (Phi) is 5.22. The van der Waals surface area contributed by atoms with Crippen LogP contribution in [0, 0.1) is 6.92 Å². The van der Waals surface area contributed by atoms with Crippen molar-refractivity contribution in [3.8, 4) is 0 Å². The summed E-state index contributed by atoms with van der Waals surface area (Å²) in [6, 6.07) is 17.5. The molecule has 0 aliphatic carbocycles. The van der Waals surface area contributed by atoms with E-state index >= 15 is 0 Å². The maximum atomic E-state index is 5.96. The van der Waals surface area contributed by atoms with Crippen molar-refractivity contribution in [3.63, 3.8) is 0 Å². The number of hydrogen-bond donors (Lipinski definition) is 1. The monoisotopic (exact) mass is 287 g/mol. The average molecular weight is 288 g/mol. The Morgan fingerprint density at radius 3 is 2.05 bits per heavy atom. The van der Waals surface area contributed by atoms with Crippen LogP contribution in [0.4, 0.5) is 0 Å². The first-order chi connectivity index (χ1) is 9.60. The number of nitrogens with one attached hydrogen (secondary N) is 1. The van der Waals surface area contributed by atoms with Gasteiger partial charge in [-0.25, -0.2) is 0 Å². The standard InChI is InChI=1S/C18H22ClN/c1-4-18(16-9-11-17(19)12-10-16)20-14(3)15-7-5-13(2)6-8-15/h5-12,14,18,20H,4H2,1-3H3. The van der Waals surface area contributed by atoms with Crippen molar-refractivity contribution >= 4 is 11.6 Å². The van der Waals surface area contributed by atoms with E-state index in [1.807, 2.05) is 12.1 Å². The molecule has 0 aromatic heterocycles. The zero-order chi connectivity index (χ0) is 14.5. The lowest BCUT2D eigenvalue weighted by Crippen LogP contribution is -2.24. The average Bonchev–Trinajstić information content (AvgIpc) is 2.46. The first-order valence-corrected chi connectivity index (χ1v) is 7.56. The molecule has 2 atom stereocenters. The Hall–Kier alpha value is -1.31. The summed E-state index contributed by atoms with van der Waals surface area (Å²) in [7, 11) is 0. The van der Waals surface area contributed by atoms with Gasteiger partial charge in [0.25, 0.3) is 0 Å². The largest absolute Gasteiger partial charge is 0.303 e. The Morgan fingerprint density at radius 2 is 1.50 bits per heavy atom. The van der Waals surface area contributed by atoms with Crippen molar-refractivity contribution in [1.82, 2.24) is 5.32 Å². The van der Waals surface area contributed by atoms with Crippen LogP contribution >= 0.6 is 11.6 Å². The molecule has 0 aliphatic rings. The molecule has 2 rings (SSSR count). The van der Waals surface area contributed by atoms with E-state index in [1.54, 1.807) is 0 Å². The number of halogens is 1. The molecule has 1 N–H and O–H groups in total. The summed E-state index contributed by atoms with van der Waals surface area (Å²) >= 11 is 5.96. The summed E-state index contributed by atoms with van der Waals surface area (Å²) < 4.78 is 0. The second-order valence-corrected chi connectivity index (χ2v) is 5.75. The highest BCUT2D eigenvalue weighted by atomic mass is 35.5. The molecule has 1 nitrogen and oxygen atoms in total. The highest BCUT2D eigenvalue weighted by molar-refractivity contribution is 6.30. The van der Waals surface area contributed by atoms with Crippen LogP contribution in [0.5, 0.6) is 0 Å². The molecule has 2 aromatic rings. The smallest absolute Gasteiger partial charge is 0.0406 e. The molecule has 2 unspecified atom stereocenters. The van der Waals surface area contributed by atoms with Gasteiger partial charge in [-0.2, -0.15) is 0 Å². The molecule has 0 bridgehead atoms. The van der Waals surface area contributed by atoms with Crippen molar-refractivity contribution in [3.05, 3.63) is 70.2 Å². The summed E-state index contributed by atoms with van der Waals surface area (Å²) in [5.41, 5.74) is 3.91. The van der Waals surface area contributed by atoms with E-state index in [0.717, 1.165) is 11.4 Å². The highest BCUT2D eigenvalue weighted by Gasteiger charge is 2.13. The van der Waals surface area contributed by atoms with E-state index in [4.69, 9.17) is 11.6 Å². The molecule has 0 heterocycles. The molecule has 2 heteroatoms. The van der Waals surface area contributed by atoms with E-state index in [1.165, 1.54) is 16.7 Å². The number of benzene rings is 2. The van der Waals surface area contributed by atoms with Crippen molar-refractivity contribution in [2.45, 2.75) is 39.3 Å². The number of rotatable bonds is 5. The Labute approximate surface area is 127 Å². The van der Waals surface area contributed by atoms with Crippen LogP contribution in [0.15, 0.2) is 48.5 Å². The predicted octanol–water partition coefficient (Wildman–Crippen LogP) is 5.45. The second kappa shape index (κ2) is 6.92. The molecule has 0 aliphatic heterocycles. The molecular weight excluding hydrogens is 266 g/mol. The van der Waals surface area contributed by atoms with Gasteiger partial charge in [-0.05, 0) is 43.5 Å². The summed E-state index contributed by atoms with van der Waals surface area (Å²) in [6.45, 7) is 6.53. The maximum Gasteiger partial charge on any atom is 0.0406 e. The molecule has 0 spiro atoms. The van der Waals surface area contributed by atoms with E-state index < -0.39 is 0 Å². The lowest BCUT2D eigenvalue weighted by Gasteiger charge is -2.23. The second-order valence-electron chi connectivity index (χ2n) is 5.31. The molecular formula is C18H22ClN. The minimum Gasteiger partial charge on any atom is -0.303 e. The van der Waals surface area contributed by atoms with Crippen LogP contribution < -0.4 is 5.32 Å². The fourth-order valence-corrected chi connectivity index (χ4v) is 2.52. The number of hydrogen-bond acceptors (Lipinski definition) is 1. The van der Waals surface area contributed by atoms with E-state index in [2.05, 4.69) is 62.5 Å². The summed E-state index contributed by atoms with van der Waals surface area (Å²) in [5.74, 6) is 0. The topological polar surface area (TPSA) is 12.0 Å². The lowest BCUT2D eigenvalue weighted by atomic mass is 10.0. The fraction of sp³-hybridized carbons (Fsp3) is 0.333. The van der Waals surface area contributed by atoms with Crippen LogP contribution in [0.3, 0.4) is 0 Å². The van der Waals surface area contributed by atoms with Gasteiger partial charge >= 0.3 is 0 Å². The molecule has 0 amide bonds. The van der Waals surface area contributed by atoms with Gasteiger partial charge in [0.05, 0.1) is 0 Å². The van der Waals surface area contributed by atoms with E-state index in [-0.39, 0.29) is 0 Å². The first kappa shape index (κ1) is 15.1. The minimum absolute atomic E-state index is 0.330. The maximum absolute atomic E-state index is 5.96. The van der Waals surface area contributed by atoms with E-state index in [9.17, 15) is 0 Å². The van der Waals surface area contributed by atoms with Gasteiger partial charge < -0.3 is 5.32 Å². The molecule has 0 radical (unpaired) electrons. The highest BCUT2D eigenvalue weighted by Crippen LogP contribution is 2.23. The normalized spacial score (nSPS) is 14.0. The van der Waals surface area contributed by atoms with Gasteiger partial charge in [-0.1, -0.05) is 60.5 Å². The molecule has 0 saturated heterocycles. The predicted molar refractivity (Wildman–Crippen MR) is 87.2 cm³/mol. The van der Waals surface area contributed by atoms with Gasteiger partial charge in [-0.15, -0.1) is 0 Å². The van der Waals surface area contributed by atoms with Gasteiger partial charge in [0.2, 0.25) is 0 Å². The molecule has 0 fully saturated rings. The summed E-state index contributed by atoms with van der Waals surface area (Å²) in [6.07, 6.45) is 1.05. The molecule has 106 valence electrons. The lowest BCUT2D eigenvalue weighted by molar-refractivity contribution is 0.456. The van der Waals surface area contributed by atoms with Crippen molar-refractivity contribution in [1.29, 1.82) is 0 Å². The van der Waals surface area contributed by atoms with E-state index in [0.29, 0.717) is 12.1 Å². The molecule has 2 aromatic carbocycles. The Bertz CT molecular complexity index is 530. The van der Waals surface area contributed by atoms with Crippen molar-refractivity contribution < 1.29 is 0 Å². The Balaban J connectivity index is 2.09. The Morgan fingerprint density at radius 1 is 0.950 bits per heavy atom. The number of aryl methyl sites for hydroxylation is 1. The van der Waals surface area contributed by atoms with Crippen LogP contribution in [-0.2, 0) is 0 Å². The van der Waals surface area contributed by atoms with Crippen LogP contribution in [0.2, 0.25) is 5.02 Å². The first-order valence-electron chi connectivity index (χ1n) is 7.18. The van der Waals surface area contributed by atoms with Gasteiger partial charge in [-0.3, -0.25) is 0 Å². The van der Waals surface area contributed by atoms with Gasteiger partial charge in [0, 0.05) is 17.1 Å². The van der Waals surface area contributed by atoms with Crippen molar-refractivity contribution in [2.24, 2.45) is 0 Å². The molecule has 0 saturated carbocycles. The SMILES string of the molecule is CCC(NC(C)c1ccc(C)cc1)c1ccc(Cl)cc1.